The van der Waals surface area contributed by atoms with Gasteiger partial charge in [0.1, 0.15) is 0 Å². The number of benzene rings is 3. The number of ether oxygens (including phenoxy) is 1. The lowest BCUT2D eigenvalue weighted by Gasteiger charge is -2.31. The molecule has 1 aliphatic rings. The summed E-state index contributed by atoms with van der Waals surface area (Å²) in [5.41, 5.74) is 1.47. The fraction of sp³-hybridized carbons (Fsp3) is 0.222. The third kappa shape index (κ3) is 5.21. The third-order valence-electron chi connectivity index (χ3n) is 5.31. The molecular weight excluding hydrogens is 466 g/mol. The van der Waals surface area contributed by atoms with Crippen LogP contribution in [0, 0.1) is 5.41 Å². The van der Waals surface area contributed by atoms with E-state index in [0.717, 1.165) is 21.2 Å². The summed E-state index contributed by atoms with van der Waals surface area (Å²) in [4.78, 5) is 42.7. The molecular formula is C27H25NO4S2. The van der Waals surface area contributed by atoms with Gasteiger partial charge >= 0.3 is 5.97 Å². The van der Waals surface area contributed by atoms with Gasteiger partial charge in [-0.2, -0.15) is 0 Å². The molecule has 174 valence electrons. The number of hydrogen-bond acceptors (Lipinski definition) is 6. The Labute approximate surface area is 207 Å². The van der Waals surface area contributed by atoms with Crippen molar-refractivity contribution in [3.8, 4) is 0 Å². The van der Waals surface area contributed by atoms with Crippen molar-refractivity contribution < 1.29 is 19.1 Å². The minimum Gasteiger partial charge on any atom is -0.454 e. The van der Waals surface area contributed by atoms with Crippen LogP contribution in [0.5, 0.6) is 0 Å². The molecule has 0 atom stereocenters. The number of nitrogens with zero attached hydrogens (tertiary/aromatic N) is 1. The highest BCUT2D eigenvalue weighted by atomic mass is 32.2. The standard InChI is InChI=1S/C27H25NO4S2/c1-27(2,3)24(29)16-32-26(31)18-10-4-7-13-21(18)33-17-25(30)28-19-11-5-8-14-22(19)34-23-15-9-6-12-20(23)28/h4-15H,16-17H2,1-3H3. The molecule has 0 N–H and O–H groups in total. The highest BCUT2D eigenvalue weighted by molar-refractivity contribution is 8.00. The van der Waals surface area contributed by atoms with Crippen molar-refractivity contribution >= 4 is 52.6 Å². The second-order valence-electron chi connectivity index (χ2n) is 8.80. The molecule has 0 bridgehead atoms. The van der Waals surface area contributed by atoms with Gasteiger partial charge in [-0.05, 0) is 36.4 Å². The van der Waals surface area contributed by atoms with Crippen molar-refractivity contribution in [3.05, 3.63) is 78.4 Å². The van der Waals surface area contributed by atoms with E-state index in [0.29, 0.717) is 10.5 Å². The molecule has 0 fully saturated rings. The van der Waals surface area contributed by atoms with E-state index in [1.54, 1.807) is 55.6 Å². The molecule has 0 saturated heterocycles. The van der Waals surface area contributed by atoms with E-state index in [9.17, 15) is 14.4 Å². The summed E-state index contributed by atoms with van der Waals surface area (Å²) >= 11 is 2.93. The molecule has 1 aliphatic heterocycles. The number of thioether (sulfide) groups is 1. The SMILES string of the molecule is CC(C)(C)C(=O)COC(=O)c1ccccc1SCC(=O)N1c2ccccc2Sc2ccccc21. The third-order valence-corrected chi connectivity index (χ3v) is 7.50. The summed E-state index contributed by atoms with van der Waals surface area (Å²) in [5, 5.41) is 0. The van der Waals surface area contributed by atoms with E-state index < -0.39 is 11.4 Å². The molecule has 4 rings (SSSR count). The molecule has 0 unspecified atom stereocenters. The molecule has 3 aromatic rings. The molecule has 0 radical (unpaired) electrons. The highest BCUT2D eigenvalue weighted by Gasteiger charge is 2.28. The second-order valence-corrected chi connectivity index (χ2v) is 10.9. The molecule has 3 aromatic carbocycles. The Kier molecular flexibility index (Phi) is 7.14. The Hall–Kier alpha value is -3.03. The quantitative estimate of drug-likeness (QED) is 0.294. The maximum atomic E-state index is 13.4. The average molecular weight is 492 g/mol. The van der Waals surface area contributed by atoms with Gasteiger partial charge in [0.05, 0.1) is 22.7 Å². The summed E-state index contributed by atoms with van der Waals surface area (Å²) in [6.45, 7) is 5.08. The van der Waals surface area contributed by atoms with Crippen LogP contribution >= 0.6 is 23.5 Å². The lowest BCUT2D eigenvalue weighted by molar-refractivity contribution is -0.129. The Bertz CT molecular complexity index is 1200. The van der Waals surface area contributed by atoms with Gasteiger partial charge in [-0.15, -0.1) is 11.8 Å². The Balaban J connectivity index is 1.51. The molecule has 0 aromatic heterocycles. The average Bonchev–Trinajstić information content (AvgIpc) is 2.83. The first-order valence-electron chi connectivity index (χ1n) is 10.9. The van der Waals surface area contributed by atoms with Crippen LogP contribution in [0.4, 0.5) is 11.4 Å². The number of rotatable bonds is 6. The first kappa shape index (κ1) is 24.1. The van der Waals surface area contributed by atoms with Crippen LogP contribution in [0.3, 0.4) is 0 Å². The molecule has 0 aliphatic carbocycles. The van der Waals surface area contributed by atoms with Crippen LogP contribution in [0.2, 0.25) is 0 Å². The fourth-order valence-electron chi connectivity index (χ4n) is 3.36. The van der Waals surface area contributed by atoms with Crippen molar-refractivity contribution in [1.29, 1.82) is 0 Å². The number of amides is 1. The van der Waals surface area contributed by atoms with Gasteiger partial charge < -0.3 is 4.74 Å². The minimum atomic E-state index is -0.583. The summed E-state index contributed by atoms with van der Waals surface area (Å²) in [7, 11) is 0. The van der Waals surface area contributed by atoms with Crippen molar-refractivity contribution in [3.63, 3.8) is 0 Å². The molecule has 1 amide bonds. The van der Waals surface area contributed by atoms with Gasteiger partial charge in [0, 0.05) is 20.1 Å². The molecule has 1 heterocycles. The van der Waals surface area contributed by atoms with Crippen LogP contribution < -0.4 is 4.90 Å². The van der Waals surface area contributed by atoms with E-state index in [2.05, 4.69) is 0 Å². The van der Waals surface area contributed by atoms with Crippen molar-refractivity contribution in [2.45, 2.75) is 35.5 Å². The number of fused-ring (bicyclic) bond motifs is 2. The zero-order chi connectivity index (χ0) is 24.3. The number of anilines is 2. The summed E-state index contributed by atoms with van der Waals surface area (Å²) in [5.74, 6) is -0.672. The monoisotopic (exact) mass is 491 g/mol. The number of esters is 1. The molecule has 7 heteroatoms. The van der Waals surface area contributed by atoms with Gasteiger partial charge in [0.2, 0.25) is 5.91 Å². The van der Waals surface area contributed by atoms with Crippen LogP contribution in [-0.2, 0) is 14.3 Å². The van der Waals surface area contributed by atoms with E-state index in [-0.39, 0.29) is 24.1 Å². The minimum absolute atomic E-state index is 0.0868. The lowest BCUT2D eigenvalue weighted by atomic mass is 9.91. The molecule has 34 heavy (non-hydrogen) atoms. The van der Waals surface area contributed by atoms with Crippen molar-refractivity contribution in [2.75, 3.05) is 17.3 Å². The first-order valence-corrected chi connectivity index (χ1v) is 12.7. The first-order chi connectivity index (χ1) is 16.3. The number of carbonyl (C=O) groups excluding carboxylic acids is 3. The van der Waals surface area contributed by atoms with Crippen LogP contribution in [0.1, 0.15) is 31.1 Å². The van der Waals surface area contributed by atoms with Gasteiger partial charge in [-0.1, -0.05) is 68.9 Å². The Morgan fingerprint density at radius 3 is 2.03 bits per heavy atom. The molecule has 5 nitrogen and oxygen atoms in total. The largest absolute Gasteiger partial charge is 0.454 e. The molecule has 0 spiro atoms. The number of hydrogen-bond donors (Lipinski definition) is 0. The fourth-order valence-corrected chi connectivity index (χ4v) is 5.31. The maximum Gasteiger partial charge on any atom is 0.339 e. The summed E-state index contributed by atoms with van der Waals surface area (Å²) in [6.07, 6.45) is 0. The molecule has 0 saturated carbocycles. The summed E-state index contributed by atoms with van der Waals surface area (Å²) < 4.78 is 5.27. The zero-order valence-corrected chi connectivity index (χ0v) is 20.9. The van der Waals surface area contributed by atoms with Gasteiger partial charge in [-0.25, -0.2) is 4.79 Å². The van der Waals surface area contributed by atoms with E-state index in [1.807, 2.05) is 54.6 Å². The Morgan fingerprint density at radius 2 is 1.41 bits per heavy atom. The van der Waals surface area contributed by atoms with Crippen LogP contribution in [-0.4, -0.2) is 30.0 Å². The van der Waals surface area contributed by atoms with Gasteiger partial charge in [0.15, 0.2) is 12.4 Å². The predicted molar refractivity (Wildman–Crippen MR) is 136 cm³/mol. The smallest absolute Gasteiger partial charge is 0.339 e. The van der Waals surface area contributed by atoms with E-state index >= 15 is 0 Å². The number of para-hydroxylation sites is 2. The Morgan fingerprint density at radius 1 is 0.853 bits per heavy atom. The summed E-state index contributed by atoms with van der Waals surface area (Å²) in [6, 6.07) is 22.7. The number of ketones is 1. The maximum absolute atomic E-state index is 13.4. The van der Waals surface area contributed by atoms with Crippen molar-refractivity contribution in [2.24, 2.45) is 5.41 Å². The highest BCUT2D eigenvalue weighted by Crippen LogP contribution is 2.48. The van der Waals surface area contributed by atoms with E-state index in [1.165, 1.54) is 11.8 Å². The zero-order valence-electron chi connectivity index (χ0n) is 19.2. The second kappa shape index (κ2) is 10.1. The lowest BCUT2D eigenvalue weighted by Crippen LogP contribution is -2.30. The topological polar surface area (TPSA) is 63.7 Å². The van der Waals surface area contributed by atoms with Crippen LogP contribution in [0.15, 0.2) is 87.5 Å². The van der Waals surface area contributed by atoms with Gasteiger partial charge in [0.25, 0.3) is 0 Å². The number of carbonyl (C=O) groups is 3. The van der Waals surface area contributed by atoms with E-state index in [4.69, 9.17) is 4.74 Å². The number of Topliss-reactive ketones (excluding diaryl/α,β-unsaturated/α-hetero) is 1. The predicted octanol–water partition coefficient (Wildman–Crippen LogP) is 6.38. The normalized spacial score (nSPS) is 12.5. The van der Waals surface area contributed by atoms with Crippen molar-refractivity contribution in [1.82, 2.24) is 0 Å². The van der Waals surface area contributed by atoms with Gasteiger partial charge in [-0.3, -0.25) is 14.5 Å². The van der Waals surface area contributed by atoms with Crippen LogP contribution in [0.25, 0.3) is 0 Å².